The number of sulfonamides is 1. The van der Waals surface area contributed by atoms with E-state index in [0.717, 1.165) is 15.8 Å². The summed E-state index contributed by atoms with van der Waals surface area (Å²) >= 11 is 1.27. The Morgan fingerprint density at radius 2 is 1.71 bits per heavy atom. The van der Waals surface area contributed by atoms with E-state index in [0.29, 0.717) is 4.80 Å². The highest BCUT2D eigenvalue weighted by molar-refractivity contribution is 7.89. The molecule has 0 unspecified atom stereocenters. The minimum absolute atomic E-state index is 0.0388. The SMILES string of the molecule is CCOC(=O)N1CCN(S(=O)(=O)c2ccc(C(=O)N=c3sc4cccc(C)c4n3CC(=O)OC)cc2)CC1. The number of rotatable bonds is 6. The number of fused-ring (bicyclic) bond motifs is 1. The molecule has 0 radical (unpaired) electrons. The number of methoxy groups -OCH3 is 1. The zero-order chi connectivity index (χ0) is 27.4. The van der Waals surface area contributed by atoms with Gasteiger partial charge in [-0.3, -0.25) is 9.59 Å². The van der Waals surface area contributed by atoms with Gasteiger partial charge in [0.15, 0.2) is 4.80 Å². The summed E-state index contributed by atoms with van der Waals surface area (Å²) < 4.78 is 39.8. The summed E-state index contributed by atoms with van der Waals surface area (Å²) in [5, 5.41) is 0. The molecule has 38 heavy (non-hydrogen) atoms. The third-order valence-electron chi connectivity index (χ3n) is 6.12. The molecular weight excluding hydrogens is 532 g/mol. The minimum atomic E-state index is -3.81. The van der Waals surface area contributed by atoms with Gasteiger partial charge in [0.2, 0.25) is 10.0 Å². The van der Waals surface area contributed by atoms with Crippen LogP contribution in [0.5, 0.6) is 0 Å². The van der Waals surface area contributed by atoms with Crippen molar-refractivity contribution >= 4 is 49.5 Å². The molecular formula is C25H28N4O7S2. The number of carbonyl (C=O) groups excluding carboxylic acids is 3. The van der Waals surface area contributed by atoms with E-state index in [1.54, 1.807) is 11.5 Å². The fourth-order valence-electron chi connectivity index (χ4n) is 4.13. The lowest BCUT2D eigenvalue weighted by atomic mass is 10.2. The van der Waals surface area contributed by atoms with Gasteiger partial charge in [-0.25, -0.2) is 13.2 Å². The summed E-state index contributed by atoms with van der Waals surface area (Å²) in [4.78, 5) is 43.0. The van der Waals surface area contributed by atoms with Crippen LogP contribution in [0.3, 0.4) is 0 Å². The fraction of sp³-hybridized carbons (Fsp3) is 0.360. The molecule has 202 valence electrons. The Kier molecular flexibility index (Phi) is 8.29. The third kappa shape index (κ3) is 5.64. The number of hydrogen-bond donors (Lipinski definition) is 0. The molecule has 0 atom stereocenters. The maximum absolute atomic E-state index is 13.1. The highest BCUT2D eigenvalue weighted by Gasteiger charge is 2.30. The second kappa shape index (κ2) is 11.5. The van der Waals surface area contributed by atoms with Crippen molar-refractivity contribution in [1.29, 1.82) is 0 Å². The van der Waals surface area contributed by atoms with Gasteiger partial charge in [0, 0.05) is 31.7 Å². The molecule has 0 spiro atoms. The molecule has 0 N–H and O–H groups in total. The molecule has 1 aliphatic rings. The van der Waals surface area contributed by atoms with Gasteiger partial charge in [-0.1, -0.05) is 23.5 Å². The Hall–Kier alpha value is -3.55. The molecule has 4 rings (SSSR count). The van der Waals surface area contributed by atoms with Gasteiger partial charge in [-0.2, -0.15) is 9.30 Å². The van der Waals surface area contributed by atoms with Crippen LogP contribution in [0.1, 0.15) is 22.8 Å². The van der Waals surface area contributed by atoms with E-state index in [4.69, 9.17) is 9.47 Å². The van der Waals surface area contributed by atoms with Crippen molar-refractivity contribution in [3.8, 4) is 0 Å². The molecule has 2 amide bonds. The lowest BCUT2D eigenvalue weighted by Crippen LogP contribution is -2.50. The van der Waals surface area contributed by atoms with Crippen LogP contribution < -0.4 is 4.80 Å². The van der Waals surface area contributed by atoms with Crippen LogP contribution in [0.25, 0.3) is 10.2 Å². The van der Waals surface area contributed by atoms with Crippen LogP contribution in [0, 0.1) is 6.92 Å². The molecule has 11 nitrogen and oxygen atoms in total. The van der Waals surface area contributed by atoms with Crippen molar-refractivity contribution in [3.05, 3.63) is 58.4 Å². The van der Waals surface area contributed by atoms with E-state index in [1.807, 2.05) is 25.1 Å². The number of nitrogens with zero attached hydrogens (tertiary/aromatic N) is 4. The zero-order valence-corrected chi connectivity index (χ0v) is 22.9. The summed E-state index contributed by atoms with van der Waals surface area (Å²) in [7, 11) is -2.52. The number of carbonyl (C=O) groups is 3. The topological polar surface area (TPSA) is 128 Å². The lowest BCUT2D eigenvalue weighted by Gasteiger charge is -2.33. The van der Waals surface area contributed by atoms with E-state index in [9.17, 15) is 22.8 Å². The number of para-hydroxylation sites is 1. The van der Waals surface area contributed by atoms with Crippen LogP contribution in [-0.4, -0.2) is 80.1 Å². The first-order valence-electron chi connectivity index (χ1n) is 11.9. The Morgan fingerprint density at radius 3 is 2.34 bits per heavy atom. The van der Waals surface area contributed by atoms with Gasteiger partial charge in [0.1, 0.15) is 6.54 Å². The number of benzene rings is 2. The van der Waals surface area contributed by atoms with Crippen LogP contribution in [0.15, 0.2) is 52.4 Å². The lowest BCUT2D eigenvalue weighted by molar-refractivity contribution is -0.141. The molecule has 3 aromatic rings. The Labute approximate surface area is 224 Å². The Balaban J connectivity index is 1.56. The smallest absolute Gasteiger partial charge is 0.409 e. The largest absolute Gasteiger partial charge is 0.468 e. The molecule has 0 aliphatic carbocycles. The first-order valence-corrected chi connectivity index (χ1v) is 14.2. The van der Waals surface area contributed by atoms with E-state index < -0.39 is 28.0 Å². The van der Waals surface area contributed by atoms with E-state index in [-0.39, 0.29) is 49.8 Å². The predicted octanol–water partition coefficient (Wildman–Crippen LogP) is 2.39. The van der Waals surface area contributed by atoms with Gasteiger partial charge in [-0.05, 0) is 49.7 Å². The zero-order valence-electron chi connectivity index (χ0n) is 21.2. The van der Waals surface area contributed by atoms with Crippen LogP contribution >= 0.6 is 11.3 Å². The number of amides is 2. The third-order valence-corrected chi connectivity index (χ3v) is 9.08. The predicted molar refractivity (Wildman–Crippen MR) is 140 cm³/mol. The van der Waals surface area contributed by atoms with Crippen LogP contribution in [0.2, 0.25) is 0 Å². The van der Waals surface area contributed by atoms with Crippen molar-refractivity contribution in [3.63, 3.8) is 0 Å². The number of aryl methyl sites for hydroxylation is 1. The molecule has 2 heterocycles. The molecule has 1 fully saturated rings. The summed E-state index contributed by atoms with van der Waals surface area (Å²) in [6.07, 6.45) is -0.460. The average Bonchev–Trinajstić information content (AvgIpc) is 3.26. The van der Waals surface area contributed by atoms with Crippen molar-refractivity contribution in [1.82, 2.24) is 13.8 Å². The van der Waals surface area contributed by atoms with Crippen molar-refractivity contribution in [2.24, 2.45) is 4.99 Å². The standard InChI is InChI=1S/C25H28N4O7S2/c1-4-36-25(32)27-12-14-28(15-13-27)38(33,34)19-10-8-18(9-11-19)23(31)26-24-29(16-21(30)35-3)22-17(2)6-5-7-20(22)37-24/h5-11H,4,12-16H2,1-3H3. The number of aromatic nitrogens is 1. The second-order valence-corrected chi connectivity index (χ2v) is 11.4. The van der Waals surface area contributed by atoms with E-state index in [2.05, 4.69) is 4.99 Å². The van der Waals surface area contributed by atoms with Crippen molar-refractivity contribution < 1.29 is 32.3 Å². The van der Waals surface area contributed by atoms with Crippen molar-refractivity contribution in [2.75, 3.05) is 39.9 Å². The first-order chi connectivity index (χ1) is 18.1. The Morgan fingerprint density at radius 1 is 1.03 bits per heavy atom. The number of ether oxygens (including phenoxy) is 2. The molecule has 0 saturated carbocycles. The Bertz CT molecular complexity index is 1530. The van der Waals surface area contributed by atoms with Crippen LogP contribution in [0.4, 0.5) is 4.79 Å². The molecule has 13 heteroatoms. The summed E-state index contributed by atoms with van der Waals surface area (Å²) in [6, 6.07) is 11.2. The summed E-state index contributed by atoms with van der Waals surface area (Å²) in [6.45, 7) is 4.51. The maximum Gasteiger partial charge on any atom is 0.409 e. The summed E-state index contributed by atoms with van der Waals surface area (Å²) in [5.41, 5.74) is 1.92. The van der Waals surface area contributed by atoms with Gasteiger partial charge >= 0.3 is 12.1 Å². The van der Waals surface area contributed by atoms with Gasteiger partial charge in [-0.15, -0.1) is 0 Å². The van der Waals surface area contributed by atoms with Gasteiger partial charge < -0.3 is 18.9 Å². The van der Waals surface area contributed by atoms with E-state index >= 15 is 0 Å². The molecule has 1 saturated heterocycles. The molecule has 0 bridgehead atoms. The average molecular weight is 561 g/mol. The molecule has 1 aromatic heterocycles. The van der Waals surface area contributed by atoms with Gasteiger partial charge in [0.25, 0.3) is 5.91 Å². The summed E-state index contributed by atoms with van der Waals surface area (Å²) in [5.74, 6) is -1.04. The normalized spacial score (nSPS) is 15.0. The highest BCUT2D eigenvalue weighted by atomic mass is 32.2. The first kappa shape index (κ1) is 27.5. The number of esters is 1. The number of hydrogen-bond acceptors (Lipinski definition) is 8. The number of thiazole rings is 1. The molecule has 2 aromatic carbocycles. The maximum atomic E-state index is 13.1. The quantitative estimate of drug-likeness (QED) is 0.424. The fourth-order valence-corrected chi connectivity index (χ4v) is 6.66. The second-order valence-electron chi connectivity index (χ2n) is 8.50. The van der Waals surface area contributed by atoms with Crippen LogP contribution in [-0.2, 0) is 30.8 Å². The number of piperazine rings is 1. The van der Waals surface area contributed by atoms with E-state index in [1.165, 1.54) is 51.9 Å². The minimum Gasteiger partial charge on any atom is -0.468 e. The van der Waals surface area contributed by atoms with Crippen molar-refractivity contribution in [2.45, 2.75) is 25.3 Å². The highest BCUT2D eigenvalue weighted by Crippen LogP contribution is 2.22. The molecule has 1 aliphatic heterocycles. The van der Waals surface area contributed by atoms with Gasteiger partial charge in [0.05, 0.1) is 28.8 Å². The monoisotopic (exact) mass is 560 g/mol.